The van der Waals surface area contributed by atoms with Crippen LogP contribution in [0.25, 0.3) is 120 Å². The maximum absolute atomic E-state index is 5.58. The first-order valence-electron chi connectivity index (χ1n) is 19.8. The molecule has 5 heteroatoms. The fourth-order valence-corrected chi connectivity index (χ4v) is 9.92. The summed E-state index contributed by atoms with van der Waals surface area (Å²) in [6, 6.07) is 68.6. The SMILES string of the molecule is c1ccc(-c2nc(-c3ccccc3)nc(-c3cccc(-c4ccc5c(c4)nc(-c4ccc6c7ccccc7c7ccccc7c6c4)c4c6ccccc6sc54)c3)n2)cc1. The maximum Gasteiger partial charge on any atom is 0.164 e. The van der Waals surface area contributed by atoms with E-state index >= 15 is 0 Å². The van der Waals surface area contributed by atoms with Crippen LogP contribution < -0.4 is 0 Å². The Kier molecular flexibility index (Phi) is 7.68. The van der Waals surface area contributed by atoms with Gasteiger partial charge < -0.3 is 0 Å². The van der Waals surface area contributed by atoms with E-state index in [9.17, 15) is 0 Å². The second-order valence-corrected chi connectivity index (χ2v) is 16.0. The minimum absolute atomic E-state index is 0.629. The average Bonchev–Trinajstić information content (AvgIpc) is 3.72. The van der Waals surface area contributed by atoms with Crippen LogP contribution in [-0.2, 0) is 0 Å². The van der Waals surface area contributed by atoms with Gasteiger partial charge in [-0.05, 0) is 67.7 Å². The van der Waals surface area contributed by atoms with E-state index < -0.39 is 0 Å². The van der Waals surface area contributed by atoms with E-state index in [0.717, 1.165) is 50.0 Å². The van der Waals surface area contributed by atoms with E-state index in [1.807, 2.05) is 72.0 Å². The summed E-state index contributed by atoms with van der Waals surface area (Å²) < 4.78 is 2.51. The number of hydrogen-bond donors (Lipinski definition) is 0. The lowest BCUT2D eigenvalue weighted by Gasteiger charge is -2.13. The Bertz CT molecular complexity index is 3520. The maximum atomic E-state index is 5.58. The highest BCUT2D eigenvalue weighted by Gasteiger charge is 2.19. The second-order valence-electron chi connectivity index (χ2n) is 15.0. The van der Waals surface area contributed by atoms with Gasteiger partial charge in [0.15, 0.2) is 17.5 Å². The normalized spacial score (nSPS) is 11.7. The van der Waals surface area contributed by atoms with E-state index in [4.69, 9.17) is 19.9 Å². The molecular weight excluding hydrogens is 737 g/mol. The van der Waals surface area contributed by atoms with Crippen molar-refractivity contribution >= 4 is 74.7 Å². The monoisotopic (exact) mass is 768 g/mol. The van der Waals surface area contributed by atoms with Crippen LogP contribution in [0.2, 0.25) is 0 Å². The number of rotatable bonds is 5. The molecule has 0 N–H and O–H groups in total. The molecule has 274 valence electrons. The lowest BCUT2D eigenvalue weighted by Crippen LogP contribution is -2.00. The van der Waals surface area contributed by atoms with Gasteiger partial charge in [-0.3, -0.25) is 0 Å². The fourth-order valence-electron chi connectivity index (χ4n) is 8.68. The molecule has 0 saturated carbocycles. The highest BCUT2D eigenvalue weighted by molar-refractivity contribution is 7.26. The van der Waals surface area contributed by atoms with Gasteiger partial charge in [-0.2, -0.15) is 0 Å². The summed E-state index contributed by atoms with van der Waals surface area (Å²) in [6.45, 7) is 0. The van der Waals surface area contributed by atoms with Crippen molar-refractivity contribution in [2.45, 2.75) is 0 Å². The van der Waals surface area contributed by atoms with Gasteiger partial charge in [0.05, 0.1) is 11.2 Å². The van der Waals surface area contributed by atoms with Crippen molar-refractivity contribution in [2.75, 3.05) is 0 Å². The number of thiophene rings is 1. The van der Waals surface area contributed by atoms with Gasteiger partial charge in [0.25, 0.3) is 0 Å². The zero-order valence-electron chi connectivity index (χ0n) is 31.7. The van der Waals surface area contributed by atoms with E-state index in [0.29, 0.717) is 17.5 Å². The molecule has 59 heavy (non-hydrogen) atoms. The molecule has 0 spiro atoms. The molecule has 0 aliphatic carbocycles. The van der Waals surface area contributed by atoms with E-state index in [2.05, 4.69) is 133 Å². The zero-order chi connectivity index (χ0) is 38.9. The fraction of sp³-hybridized carbons (Fsp3) is 0. The predicted octanol–water partition coefficient (Wildman–Crippen LogP) is 14.6. The number of benzene rings is 9. The van der Waals surface area contributed by atoms with Gasteiger partial charge in [-0.25, -0.2) is 19.9 Å². The molecule has 0 atom stereocenters. The standard InChI is InChI=1S/C54H32N4S/c1-3-14-33(15-4-1)52-56-53(34-16-5-2-6-17-34)58-54(57-52)38-19-13-18-35(30-38)36-26-29-44-47(32-36)55-50(49-45-24-11-12-25-48(45)59-51(44)49)37-27-28-43-41-22-8-7-20-39(41)40-21-9-10-23-42(40)46(43)31-37/h1-32H. The first kappa shape index (κ1) is 33.5. The average molecular weight is 769 g/mol. The van der Waals surface area contributed by atoms with Crippen molar-refractivity contribution in [1.82, 2.24) is 19.9 Å². The van der Waals surface area contributed by atoms with Crippen LogP contribution in [0.3, 0.4) is 0 Å². The van der Waals surface area contributed by atoms with Crippen LogP contribution in [0, 0.1) is 0 Å². The third-order valence-electron chi connectivity index (χ3n) is 11.5. The van der Waals surface area contributed by atoms with E-state index in [1.54, 1.807) is 0 Å². The summed E-state index contributed by atoms with van der Waals surface area (Å²) in [5, 5.41) is 11.1. The Labute approximate surface area is 343 Å². The molecule has 0 fully saturated rings. The molecule has 0 aliphatic heterocycles. The van der Waals surface area contributed by atoms with Crippen LogP contribution in [0.5, 0.6) is 0 Å². The summed E-state index contributed by atoms with van der Waals surface area (Å²) in [5.74, 6) is 1.92. The molecule has 0 amide bonds. The van der Waals surface area contributed by atoms with Gasteiger partial charge in [0.2, 0.25) is 0 Å². The molecular formula is C54H32N4S. The molecule has 12 rings (SSSR count). The molecule has 3 aromatic heterocycles. The summed E-state index contributed by atoms with van der Waals surface area (Å²) in [4.78, 5) is 20.5. The first-order chi connectivity index (χ1) is 29.2. The quantitative estimate of drug-likeness (QED) is 0.164. The summed E-state index contributed by atoms with van der Waals surface area (Å²) in [7, 11) is 0. The number of aromatic nitrogens is 4. The van der Waals surface area contributed by atoms with Crippen molar-refractivity contribution in [3.8, 4) is 56.5 Å². The Morgan fingerprint density at radius 3 is 1.42 bits per heavy atom. The molecule has 0 unspecified atom stereocenters. The Hall–Kier alpha value is -7.60. The van der Waals surface area contributed by atoms with E-state index in [-0.39, 0.29) is 0 Å². The Morgan fingerprint density at radius 2 is 0.763 bits per heavy atom. The van der Waals surface area contributed by atoms with Crippen molar-refractivity contribution in [3.63, 3.8) is 0 Å². The number of pyridine rings is 1. The van der Waals surface area contributed by atoms with Crippen LogP contribution in [0.4, 0.5) is 0 Å². The minimum Gasteiger partial charge on any atom is -0.247 e. The van der Waals surface area contributed by atoms with Gasteiger partial charge >= 0.3 is 0 Å². The topological polar surface area (TPSA) is 51.6 Å². The smallest absolute Gasteiger partial charge is 0.164 e. The zero-order valence-corrected chi connectivity index (χ0v) is 32.5. The van der Waals surface area contributed by atoms with Gasteiger partial charge in [0.1, 0.15) is 0 Å². The van der Waals surface area contributed by atoms with Crippen molar-refractivity contribution < 1.29 is 0 Å². The van der Waals surface area contributed by atoms with Crippen LogP contribution in [0.1, 0.15) is 0 Å². The predicted molar refractivity (Wildman–Crippen MR) is 248 cm³/mol. The van der Waals surface area contributed by atoms with Gasteiger partial charge in [-0.1, -0.05) is 170 Å². The van der Waals surface area contributed by atoms with E-state index in [1.165, 1.54) is 52.5 Å². The van der Waals surface area contributed by atoms with Crippen LogP contribution in [-0.4, -0.2) is 19.9 Å². The van der Waals surface area contributed by atoms with Crippen molar-refractivity contribution in [2.24, 2.45) is 0 Å². The summed E-state index contributed by atoms with van der Waals surface area (Å²) in [6.07, 6.45) is 0. The van der Waals surface area contributed by atoms with Crippen LogP contribution in [0.15, 0.2) is 194 Å². The highest BCUT2D eigenvalue weighted by atomic mass is 32.1. The summed E-state index contributed by atoms with van der Waals surface area (Å²) in [5.41, 5.74) is 8.03. The largest absolute Gasteiger partial charge is 0.247 e. The third kappa shape index (κ3) is 5.58. The Balaban J connectivity index is 1.04. The number of nitrogens with zero attached hydrogens (tertiary/aromatic N) is 4. The van der Waals surface area contributed by atoms with Gasteiger partial charge in [-0.15, -0.1) is 11.3 Å². The first-order valence-corrected chi connectivity index (χ1v) is 20.6. The molecule has 0 saturated heterocycles. The Morgan fingerprint density at radius 1 is 0.288 bits per heavy atom. The second kappa shape index (κ2) is 13.5. The minimum atomic E-state index is 0.629. The third-order valence-corrected chi connectivity index (χ3v) is 12.7. The summed E-state index contributed by atoms with van der Waals surface area (Å²) >= 11 is 1.85. The molecule has 12 aromatic rings. The molecule has 0 radical (unpaired) electrons. The van der Waals surface area contributed by atoms with Crippen molar-refractivity contribution in [3.05, 3.63) is 194 Å². The molecule has 0 bridgehead atoms. The van der Waals surface area contributed by atoms with Gasteiger partial charge in [0, 0.05) is 47.8 Å². The lowest BCUT2D eigenvalue weighted by atomic mass is 9.92. The molecule has 4 nitrogen and oxygen atoms in total. The number of fused-ring (bicyclic) bond motifs is 11. The van der Waals surface area contributed by atoms with Crippen LogP contribution >= 0.6 is 11.3 Å². The molecule has 9 aromatic carbocycles. The molecule has 0 aliphatic rings. The lowest BCUT2D eigenvalue weighted by molar-refractivity contribution is 1.07. The number of hydrogen-bond acceptors (Lipinski definition) is 5. The highest BCUT2D eigenvalue weighted by Crippen LogP contribution is 2.45. The van der Waals surface area contributed by atoms with Crippen molar-refractivity contribution in [1.29, 1.82) is 0 Å². The molecule has 3 heterocycles.